The van der Waals surface area contributed by atoms with Crippen LogP contribution in [0.2, 0.25) is 58.9 Å². The van der Waals surface area contributed by atoms with Crippen molar-refractivity contribution in [1.82, 2.24) is 0 Å². The Morgan fingerprint density at radius 3 is 2.14 bits per heavy atom. The molecule has 0 aromatic carbocycles. The molecule has 4 nitrogen and oxygen atoms in total. The van der Waals surface area contributed by atoms with E-state index in [-0.39, 0.29) is 23.2 Å². The molecular weight excluding hydrogens is 509 g/mol. The molecule has 0 spiro atoms. The SMILES string of the molecule is C[C@]12CC=C(O[Si](C)(C)C)C=C1CCC1C2CC[C@@]2(C)C1CC[C@]2(O[Si](C)(C)C)C(=O)CO[Si](C)(C)C. The fourth-order valence-electron chi connectivity index (χ4n) is 8.42. The number of fused-ring (bicyclic) bond motifs is 5. The molecule has 4 rings (SSSR count). The van der Waals surface area contributed by atoms with Crippen LogP contribution in [0.15, 0.2) is 23.5 Å². The summed E-state index contributed by atoms with van der Waals surface area (Å²) in [4.78, 5) is 14.1. The first kappa shape index (κ1) is 29.5. The van der Waals surface area contributed by atoms with Gasteiger partial charge in [-0.3, -0.25) is 4.79 Å². The van der Waals surface area contributed by atoms with Crippen LogP contribution in [-0.4, -0.2) is 42.9 Å². The molecule has 0 radical (unpaired) electrons. The highest BCUT2D eigenvalue weighted by Gasteiger charge is 2.67. The van der Waals surface area contributed by atoms with Crippen LogP contribution in [0.4, 0.5) is 0 Å². The molecule has 0 heterocycles. The number of allylic oxidation sites excluding steroid dienone is 3. The lowest BCUT2D eigenvalue weighted by atomic mass is 9.46. The highest BCUT2D eigenvalue weighted by molar-refractivity contribution is 6.70. The third-order valence-electron chi connectivity index (χ3n) is 9.89. The molecule has 3 saturated carbocycles. The summed E-state index contributed by atoms with van der Waals surface area (Å²) in [5.74, 6) is 3.21. The molecular formula is C30H54O4Si3. The van der Waals surface area contributed by atoms with Gasteiger partial charge >= 0.3 is 0 Å². The topological polar surface area (TPSA) is 44.8 Å². The molecule has 37 heavy (non-hydrogen) atoms. The summed E-state index contributed by atoms with van der Waals surface area (Å²) in [5, 5.41) is 0. The zero-order chi connectivity index (χ0) is 27.7. The number of hydrogen-bond acceptors (Lipinski definition) is 4. The van der Waals surface area contributed by atoms with Gasteiger partial charge in [-0.05, 0) is 139 Å². The average Bonchev–Trinajstić information content (AvgIpc) is 3.02. The Morgan fingerprint density at radius 1 is 0.892 bits per heavy atom. The van der Waals surface area contributed by atoms with Crippen molar-refractivity contribution in [2.75, 3.05) is 6.61 Å². The number of Topliss-reactive ketones (excluding diaryl/α,β-unsaturated/α-hetero) is 1. The van der Waals surface area contributed by atoms with Gasteiger partial charge in [-0.1, -0.05) is 19.4 Å². The summed E-state index contributed by atoms with van der Waals surface area (Å²) < 4.78 is 19.7. The Morgan fingerprint density at radius 2 is 1.54 bits per heavy atom. The molecule has 4 aliphatic carbocycles. The molecule has 7 heteroatoms. The summed E-state index contributed by atoms with van der Waals surface area (Å²) in [6, 6.07) is 0. The molecule has 6 atom stereocenters. The van der Waals surface area contributed by atoms with Gasteiger partial charge in [0.1, 0.15) is 5.60 Å². The van der Waals surface area contributed by atoms with Crippen LogP contribution in [0.1, 0.15) is 58.8 Å². The van der Waals surface area contributed by atoms with Crippen molar-refractivity contribution in [2.24, 2.45) is 28.6 Å². The minimum Gasteiger partial charge on any atom is -0.545 e. The van der Waals surface area contributed by atoms with Gasteiger partial charge in [-0.2, -0.15) is 0 Å². The second kappa shape index (κ2) is 9.57. The van der Waals surface area contributed by atoms with E-state index in [2.05, 4.69) is 84.9 Å². The van der Waals surface area contributed by atoms with Crippen LogP contribution < -0.4 is 0 Å². The second-order valence-corrected chi connectivity index (χ2v) is 29.3. The monoisotopic (exact) mass is 562 g/mol. The number of rotatable bonds is 8. The van der Waals surface area contributed by atoms with E-state index in [0.29, 0.717) is 17.8 Å². The lowest BCUT2D eigenvalue weighted by Gasteiger charge is -2.60. The molecule has 0 N–H and O–H groups in total. The summed E-state index contributed by atoms with van der Waals surface area (Å²) in [6.07, 6.45) is 12.5. The Balaban J connectivity index is 1.62. The molecule has 0 saturated heterocycles. The predicted molar refractivity (Wildman–Crippen MR) is 161 cm³/mol. The first-order valence-corrected chi connectivity index (χ1v) is 25.0. The van der Waals surface area contributed by atoms with Crippen LogP contribution in [-0.2, 0) is 18.1 Å². The fourth-order valence-corrected chi connectivity index (χ4v) is 11.3. The van der Waals surface area contributed by atoms with E-state index in [0.717, 1.165) is 37.9 Å². The van der Waals surface area contributed by atoms with Gasteiger partial charge in [-0.15, -0.1) is 0 Å². The molecule has 0 aliphatic heterocycles. The normalized spacial score (nSPS) is 38.2. The standard InChI is InChI=1S/C30H54O4Si3/c1-28-17-14-23(33-36(6,7)8)20-22(28)12-13-24-25(28)15-18-29(2)26(24)16-19-30(29,34-37(9,10)11)27(31)21-32-35(3,4)5/h14,20,24-26H,12-13,15-19,21H2,1-11H3/t24?,25?,26?,28-,29-,30-/m0/s1. The summed E-state index contributed by atoms with van der Waals surface area (Å²) >= 11 is 0. The van der Waals surface area contributed by atoms with Crippen molar-refractivity contribution in [1.29, 1.82) is 0 Å². The Labute approximate surface area is 230 Å². The maximum Gasteiger partial charge on any atom is 0.242 e. The van der Waals surface area contributed by atoms with Gasteiger partial charge < -0.3 is 13.3 Å². The summed E-state index contributed by atoms with van der Waals surface area (Å²) in [5.41, 5.74) is 1.03. The molecule has 3 unspecified atom stereocenters. The van der Waals surface area contributed by atoms with Gasteiger partial charge in [0.25, 0.3) is 0 Å². The van der Waals surface area contributed by atoms with Crippen LogP contribution in [0.5, 0.6) is 0 Å². The zero-order valence-corrected chi connectivity index (χ0v) is 28.7. The van der Waals surface area contributed by atoms with E-state index in [1.54, 1.807) is 5.57 Å². The van der Waals surface area contributed by atoms with E-state index in [1.807, 2.05) is 0 Å². The van der Waals surface area contributed by atoms with E-state index >= 15 is 0 Å². The van der Waals surface area contributed by atoms with Gasteiger partial charge in [0.2, 0.25) is 8.32 Å². The van der Waals surface area contributed by atoms with Crippen LogP contribution in [0.25, 0.3) is 0 Å². The first-order chi connectivity index (χ1) is 16.8. The highest BCUT2D eigenvalue weighted by atomic mass is 28.4. The number of hydrogen-bond donors (Lipinski definition) is 0. The highest BCUT2D eigenvalue weighted by Crippen LogP contribution is 2.68. The fraction of sp³-hybridized carbons (Fsp3) is 0.833. The lowest BCUT2D eigenvalue weighted by Crippen LogP contribution is -2.62. The average molecular weight is 563 g/mol. The Hall–Kier alpha value is -0.479. The van der Waals surface area contributed by atoms with Crippen molar-refractivity contribution in [3.05, 3.63) is 23.5 Å². The van der Waals surface area contributed by atoms with Gasteiger partial charge in [0, 0.05) is 5.41 Å². The van der Waals surface area contributed by atoms with Crippen LogP contribution in [0, 0.1) is 28.6 Å². The van der Waals surface area contributed by atoms with E-state index in [9.17, 15) is 4.79 Å². The predicted octanol–water partition coefficient (Wildman–Crippen LogP) is 8.31. The van der Waals surface area contributed by atoms with Crippen molar-refractivity contribution in [2.45, 2.75) is 123 Å². The third kappa shape index (κ3) is 5.59. The zero-order valence-electron chi connectivity index (χ0n) is 25.7. The molecule has 0 bridgehead atoms. The molecule has 0 aromatic rings. The Kier molecular flexibility index (Phi) is 7.63. The third-order valence-corrected chi connectivity index (χ3v) is 12.7. The van der Waals surface area contributed by atoms with Crippen molar-refractivity contribution in [3.63, 3.8) is 0 Å². The maximum atomic E-state index is 14.1. The Bertz CT molecular complexity index is 969. The lowest BCUT2D eigenvalue weighted by molar-refractivity contribution is -0.159. The minimum absolute atomic E-state index is 0.109. The molecule has 4 aliphatic rings. The van der Waals surface area contributed by atoms with E-state index in [4.69, 9.17) is 13.3 Å². The summed E-state index contributed by atoms with van der Waals surface area (Å²) in [6.45, 7) is 25.2. The smallest absolute Gasteiger partial charge is 0.242 e. The molecule has 210 valence electrons. The molecule has 0 amide bonds. The maximum absolute atomic E-state index is 14.1. The summed E-state index contributed by atoms with van der Waals surface area (Å²) in [7, 11) is -5.37. The number of carbonyl (C=O) groups excluding carboxylic acids is 1. The minimum atomic E-state index is -1.96. The first-order valence-electron chi connectivity index (χ1n) is 14.8. The van der Waals surface area contributed by atoms with Gasteiger partial charge in [0.15, 0.2) is 22.4 Å². The number of carbonyl (C=O) groups is 1. The van der Waals surface area contributed by atoms with Crippen LogP contribution >= 0.6 is 0 Å². The van der Waals surface area contributed by atoms with E-state index in [1.165, 1.54) is 12.8 Å². The molecule has 0 aromatic heterocycles. The van der Waals surface area contributed by atoms with Gasteiger partial charge in [-0.25, -0.2) is 0 Å². The van der Waals surface area contributed by atoms with Crippen molar-refractivity contribution in [3.8, 4) is 0 Å². The quantitative estimate of drug-likeness (QED) is 0.279. The largest absolute Gasteiger partial charge is 0.545 e. The van der Waals surface area contributed by atoms with Gasteiger partial charge in [0.05, 0.1) is 12.4 Å². The van der Waals surface area contributed by atoms with Crippen LogP contribution in [0.3, 0.4) is 0 Å². The van der Waals surface area contributed by atoms with E-state index < -0.39 is 30.6 Å². The second-order valence-electron chi connectivity index (χ2n) is 15.9. The molecule has 3 fully saturated rings. The van der Waals surface area contributed by atoms with Crippen molar-refractivity contribution >= 4 is 30.7 Å². The number of ketones is 1. The van der Waals surface area contributed by atoms with Crippen molar-refractivity contribution < 1.29 is 18.1 Å².